The smallest absolute Gasteiger partial charge is 0.331 e. The standard InChI is InChI=1S/C23H21FO4S/c24-19-16-29-20(15-27-21(25)13-11-17-7-3-1-4-8-17)23(19)28-22(26)14-12-18-9-5-2-6-10-18/h1-14,19-20,23H,15-16H2/b13-11+,14-12+/t19-,20-,23+/m1/s1. The first-order valence-electron chi connectivity index (χ1n) is 9.21. The highest BCUT2D eigenvalue weighted by molar-refractivity contribution is 8.00. The minimum absolute atomic E-state index is 0.0244. The first kappa shape index (κ1) is 20.9. The summed E-state index contributed by atoms with van der Waals surface area (Å²) in [7, 11) is 0. The van der Waals surface area contributed by atoms with Crippen molar-refractivity contribution in [3.05, 3.63) is 83.9 Å². The molecule has 0 unspecified atom stereocenters. The largest absolute Gasteiger partial charge is 0.461 e. The van der Waals surface area contributed by atoms with Crippen LogP contribution < -0.4 is 0 Å². The van der Waals surface area contributed by atoms with Gasteiger partial charge in [-0.05, 0) is 23.3 Å². The van der Waals surface area contributed by atoms with Crippen molar-refractivity contribution in [1.82, 2.24) is 0 Å². The zero-order chi connectivity index (χ0) is 20.5. The molecule has 1 saturated heterocycles. The van der Waals surface area contributed by atoms with E-state index in [4.69, 9.17) is 9.47 Å². The van der Waals surface area contributed by atoms with Crippen molar-refractivity contribution in [2.45, 2.75) is 17.5 Å². The summed E-state index contributed by atoms with van der Waals surface area (Å²) >= 11 is 1.29. The van der Waals surface area contributed by atoms with E-state index < -0.39 is 29.5 Å². The number of hydrogen-bond donors (Lipinski definition) is 0. The highest BCUT2D eigenvalue weighted by atomic mass is 32.2. The number of rotatable bonds is 7. The Morgan fingerprint density at radius 3 is 2.07 bits per heavy atom. The van der Waals surface area contributed by atoms with Crippen LogP contribution in [0, 0.1) is 0 Å². The summed E-state index contributed by atoms with van der Waals surface area (Å²) in [6.07, 6.45) is 3.62. The number of esters is 2. The minimum atomic E-state index is -1.29. The fourth-order valence-electron chi connectivity index (χ4n) is 2.77. The lowest BCUT2D eigenvalue weighted by Gasteiger charge is -2.19. The molecule has 0 N–H and O–H groups in total. The molecule has 1 fully saturated rings. The van der Waals surface area contributed by atoms with Gasteiger partial charge < -0.3 is 9.47 Å². The molecule has 6 heteroatoms. The van der Waals surface area contributed by atoms with Gasteiger partial charge in [0.15, 0.2) is 0 Å². The molecule has 2 aromatic rings. The maximum Gasteiger partial charge on any atom is 0.331 e. The Labute approximate surface area is 173 Å². The van der Waals surface area contributed by atoms with Gasteiger partial charge in [-0.1, -0.05) is 60.7 Å². The van der Waals surface area contributed by atoms with Crippen LogP contribution in [0.3, 0.4) is 0 Å². The summed E-state index contributed by atoms with van der Waals surface area (Å²) in [6.45, 7) is -0.0244. The second kappa shape index (κ2) is 10.6. The van der Waals surface area contributed by atoms with Crippen LogP contribution in [0.15, 0.2) is 72.8 Å². The van der Waals surface area contributed by atoms with Gasteiger partial charge in [0.25, 0.3) is 0 Å². The summed E-state index contributed by atoms with van der Waals surface area (Å²) in [6, 6.07) is 18.6. The van der Waals surface area contributed by atoms with Gasteiger partial charge >= 0.3 is 11.9 Å². The zero-order valence-corrected chi connectivity index (χ0v) is 16.5. The molecule has 0 saturated carbocycles. The number of carbonyl (C=O) groups excluding carboxylic acids is 2. The third-order valence-corrected chi connectivity index (χ3v) is 5.60. The van der Waals surface area contributed by atoms with Crippen molar-refractivity contribution in [3.63, 3.8) is 0 Å². The lowest BCUT2D eigenvalue weighted by molar-refractivity contribution is -0.147. The van der Waals surface area contributed by atoms with Crippen LogP contribution in [0.25, 0.3) is 12.2 Å². The van der Waals surface area contributed by atoms with Crippen LogP contribution in [-0.2, 0) is 19.1 Å². The Hall–Kier alpha value is -2.86. The third-order valence-electron chi connectivity index (χ3n) is 4.26. The third kappa shape index (κ3) is 6.61. The lowest BCUT2D eigenvalue weighted by atomic mass is 10.2. The van der Waals surface area contributed by atoms with Gasteiger partial charge in [-0.2, -0.15) is 0 Å². The van der Waals surface area contributed by atoms with E-state index in [1.807, 2.05) is 60.7 Å². The molecule has 0 aromatic heterocycles. The molecule has 0 aliphatic carbocycles. The summed E-state index contributed by atoms with van der Waals surface area (Å²) in [5.41, 5.74) is 1.72. The van der Waals surface area contributed by atoms with Crippen LogP contribution in [-0.4, -0.2) is 41.8 Å². The fraction of sp³-hybridized carbons (Fsp3) is 0.217. The Morgan fingerprint density at radius 1 is 0.931 bits per heavy atom. The molecule has 0 bridgehead atoms. The van der Waals surface area contributed by atoms with Gasteiger partial charge in [0.1, 0.15) is 18.9 Å². The Kier molecular flexibility index (Phi) is 7.64. The highest BCUT2D eigenvalue weighted by Crippen LogP contribution is 2.32. The van der Waals surface area contributed by atoms with E-state index in [1.54, 1.807) is 12.2 Å². The van der Waals surface area contributed by atoms with Crippen LogP contribution in [0.4, 0.5) is 4.39 Å². The second-order valence-corrected chi connectivity index (χ2v) is 7.68. The molecular formula is C23H21FO4S. The van der Waals surface area contributed by atoms with Crippen molar-refractivity contribution < 1.29 is 23.5 Å². The minimum Gasteiger partial charge on any atom is -0.461 e. The van der Waals surface area contributed by atoms with Gasteiger partial charge in [-0.3, -0.25) is 0 Å². The molecule has 0 radical (unpaired) electrons. The van der Waals surface area contributed by atoms with Crippen molar-refractivity contribution in [2.24, 2.45) is 0 Å². The molecule has 1 aliphatic rings. The number of carbonyl (C=O) groups is 2. The first-order chi connectivity index (χ1) is 14.1. The van der Waals surface area contributed by atoms with Gasteiger partial charge in [-0.25, -0.2) is 14.0 Å². The monoisotopic (exact) mass is 412 g/mol. The fourth-order valence-corrected chi connectivity index (χ4v) is 3.97. The van der Waals surface area contributed by atoms with Crippen LogP contribution >= 0.6 is 11.8 Å². The summed E-state index contributed by atoms with van der Waals surface area (Å²) in [4.78, 5) is 24.0. The zero-order valence-electron chi connectivity index (χ0n) is 15.6. The number of ether oxygens (including phenoxy) is 2. The second-order valence-electron chi connectivity index (χ2n) is 6.41. The van der Waals surface area contributed by atoms with E-state index in [9.17, 15) is 14.0 Å². The van der Waals surface area contributed by atoms with Crippen molar-refractivity contribution in [1.29, 1.82) is 0 Å². The van der Waals surface area contributed by atoms with Crippen molar-refractivity contribution in [3.8, 4) is 0 Å². The van der Waals surface area contributed by atoms with Gasteiger partial charge in [-0.15, -0.1) is 11.8 Å². The van der Waals surface area contributed by atoms with Crippen molar-refractivity contribution >= 4 is 35.9 Å². The SMILES string of the molecule is O=C(/C=C/c1ccccc1)OC[C@H]1SC[C@@H](F)[C@@H]1OC(=O)/C=C/c1ccccc1. The van der Waals surface area contributed by atoms with Crippen molar-refractivity contribution in [2.75, 3.05) is 12.4 Å². The normalized spacial score (nSPS) is 21.5. The molecule has 1 heterocycles. The van der Waals surface area contributed by atoms with E-state index in [-0.39, 0.29) is 12.4 Å². The van der Waals surface area contributed by atoms with Gasteiger partial charge in [0, 0.05) is 17.9 Å². The average Bonchev–Trinajstić information content (AvgIpc) is 3.10. The molecule has 29 heavy (non-hydrogen) atoms. The molecule has 1 aliphatic heterocycles. The summed E-state index contributed by atoms with van der Waals surface area (Å²) in [5.74, 6) is -0.947. The summed E-state index contributed by atoms with van der Waals surface area (Å²) < 4.78 is 24.7. The van der Waals surface area contributed by atoms with E-state index in [2.05, 4.69) is 0 Å². The molecule has 0 spiro atoms. The number of hydrogen-bond acceptors (Lipinski definition) is 5. The molecule has 3 atom stereocenters. The Morgan fingerprint density at radius 2 is 1.48 bits per heavy atom. The van der Waals surface area contributed by atoms with E-state index in [0.29, 0.717) is 0 Å². The molecule has 4 nitrogen and oxygen atoms in total. The maximum absolute atomic E-state index is 14.2. The van der Waals surface area contributed by atoms with Gasteiger partial charge in [0.2, 0.25) is 0 Å². The number of thioether (sulfide) groups is 1. The predicted molar refractivity (Wildman–Crippen MR) is 113 cm³/mol. The van der Waals surface area contributed by atoms with Crippen LogP contribution in [0.5, 0.6) is 0 Å². The molecular weight excluding hydrogens is 391 g/mol. The predicted octanol–water partition coefficient (Wildman–Crippen LogP) is 4.32. The number of benzene rings is 2. The van der Waals surface area contributed by atoms with E-state index >= 15 is 0 Å². The Balaban J connectivity index is 1.50. The number of alkyl halides is 1. The molecule has 150 valence electrons. The molecule has 0 amide bonds. The average molecular weight is 412 g/mol. The highest BCUT2D eigenvalue weighted by Gasteiger charge is 2.40. The van der Waals surface area contributed by atoms with E-state index in [0.717, 1.165) is 11.1 Å². The summed E-state index contributed by atoms with van der Waals surface area (Å²) in [5, 5.41) is -0.437. The van der Waals surface area contributed by atoms with Crippen LogP contribution in [0.2, 0.25) is 0 Å². The Bertz CT molecular complexity index is 867. The van der Waals surface area contributed by atoms with E-state index in [1.165, 1.54) is 23.9 Å². The number of halogens is 1. The van der Waals surface area contributed by atoms with Gasteiger partial charge in [0.05, 0.1) is 5.25 Å². The maximum atomic E-state index is 14.2. The molecule has 3 rings (SSSR count). The molecule has 2 aromatic carbocycles. The van der Waals surface area contributed by atoms with Crippen LogP contribution in [0.1, 0.15) is 11.1 Å². The topological polar surface area (TPSA) is 52.6 Å². The first-order valence-corrected chi connectivity index (χ1v) is 10.3. The lowest BCUT2D eigenvalue weighted by Crippen LogP contribution is -2.35. The quantitative estimate of drug-likeness (QED) is 0.501.